The van der Waals surface area contributed by atoms with E-state index in [0.29, 0.717) is 5.56 Å². The molecular weight excluding hydrogens is 382 g/mol. The van der Waals surface area contributed by atoms with Gasteiger partial charge in [0.15, 0.2) is 5.41 Å². The zero-order chi connectivity index (χ0) is 22.0. The fourth-order valence-corrected chi connectivity index (χ4v) is 5.39. The molecule has 1 aromatic carbocycles. The fourth-order valence-electron chi connectivity index (χ4n) is 5.39. The molecule has 7 nitrogen and oxygen atoms in total. The Morgan fingerprint density at radius 2 is 2.13 bits per heavy atom. The lowest BCUT2D eigenvalue weighted by molar-refractivity contribution is -0.141. The van der Waals surface area contributed by atoms with Crippen molar-refractivity contribution in [1.82, 2.24) is 0 Å². The molecule has 0 fully saturated rings. The van der Waals surface area contributed by atoms with Gasteiger partial charge in [-0.25, -0.2) is 4.79 Å². The third-order valence-corrected chi connectivity index (χ3v) is 6.36. The molecule has 0 bridgehead atoms. The van der Waals surface area contributed by atoms with Crippen LogP contribution < -0.4 is 10.6 Å². The second-order valence-electron chi connectivity index (χ2n) is 8.66. The first kappa shape index (κ1) is 20.0. The van der Waals surface area contributed by atoms with Gasteiger partial charge in [-0.2, -0.15) is 5.26 Å². The van der Waals surface area contributed by atoms with Gasteiger partial charge in [-0.15, -0.1) is 0 Å². The summed E-state index contributed by atoms with van der Waals surface area (Å²) in [5.74, 6) is -0.850. The number of benzene rings is 1. The predicted molar refractivity (Wildman–Crippen MR) is 110 cm³/mol. The summed E-state index contributed by atoms with van der Waals surface area (Å²) in [6, 6.07) is 7.73. The third kappa shape index (κ3) is 2.25. The molecule has 2 unspecified atom stereocenters. The minimum absolute atomic E-state index is 0.0198. The number of carbonyl (C=O) groups excluding carboxylic acids is 2. The van der Waals surface area contributed by atoms with E-state index in [1.54, 1.807) is 24.8 Å². The molecule has 0 radical (unpaired) electrons. The number of fused-ring (bicyclic) bond motifs is 1. The van der Waals surface area contributed by atoms with Crippen LogP contribution in [0.5, 0.6) is 0 Å². The van der Waals surface area contributed by atoms with Crippen molar-refractivity contribution >= 4 is 17.6 Å². The number of hydrogen-bond donors (Lipinski definition) is 1. The van der Waals surface area contributed by atoms with Crippen LogP contribution in [0.3, 0.4) is 0 Å². The summed E-state index contributed by atoms with van der Waals surface area (Å²) in [6.45, 7) is 9.50. The lowest BCUT2D eigenvalue weighted by Gasteiger charge is -2.44. The highest BCUT2D eigenvalue weighted by atomic mass is 16.5. The van der Waals surface area contributed by atoms with Crippen molar-refractivity contribution in [2.24, 2.45) is 5.73 Å². The standard InChI is InChI=1S/C23H25N3O4/c1-6-29-20(27)17-13(3)30-19(25)16(11-24)23(17)15-9-7-8-14-12(2)10-22(4,5)26(18(14)15)21(23)28/h7-9,12H,6,10,25H2,1-5H3. The molecule has 0 saturated carbocycles. The molecule has 3 aliphatic heterocycles. The van der Waals surface area contributed by atoms with Crippen LogP contribution >= 0.6 is 0 Å². The van der Waals surface area contributed by atoms with E-state index < -0.39 is 16.9 Å². The van der Waals surface area contributed by atoms with E-state index >= 15 is 0 Å². The molecular formula is C23H25N3O4. The Bertz CT molecular complexity index is 1090. The molecule has 1 spiro atoms. The highest BCUT2D eigenvalue weighted by Crippen LogP contribution is 2.59. The van der Waals surface area contributed by atoms with Crippen molar-refractivity contribution in [3.63, 3.8) is 0 Å². The van der Waals surface area contributed by atoms with Crippen LogP contribution in [-0.2, 0) is 24.5 Å². The Hall–Kier alpha value is -3.27. The van der Waals surface area contributed by atoms with Crippen LogP contribution in [0.2, 0.25) is 0 Å². The zero-order valence-electron chi connectivity index (χ0n) is 17.8. The van der Waals surface area contributed by atoms with Gasteiger partial charge in [-0.05, 0) is 45.6 Å². The number of nitriles is 1. The van der Waals surface area contributed by atoms with Crippen LogP contribution in [0.4, 0.5) is 5.69 Å². The number of rotatable bonds is 2. The van der Waals surface area contributed by atoms with Gasteiger partial charge in [0, 0.05) is 11.1 Å². The molecule has 4 rings (SSSR count). The van der Waals surface area contributed by atoms with Gasteiger partial charge in [-0.3, -0.25) is 4.79 Å². The second-order valence-corrected chi connectivity index (χ2v) is 8.66. The minimum Gasteiger partial charge on any atom is -0.462 e. The highest BCUT2D eigenvalue weighted by Gasteiger charge is 2.65. The van der Waals surface area contributed by atoms with Gasteiger partial charge in [0.05, 0.1) is 12.3 Å². The smallest absolute Gasteiger partial charge is 0.339 e. The lowest BCUT2D eigenvalue weighted by atomic mass is 9.68. The Balaban J connectivity index is 2.15. The quantitative estimate of drug-likeness (QED) is 0.755. The fraction of sp³-hybridized carbons (Fsp3) is 0.435. The van der Waals surface area contributed by atoms with Gasteiger partial charge in [-0.1, -0.05) is 25.1 Å². The van der Waals surface area contributed by atoms with Crippen molar-refractivity contribution in [3.8, 4) is 6.07 Å². The summed E-state index contributed by atoms with van der Waals surface area (Å²) >= 11 is 0. The highest BCUT2D eigenvalue weighted by molar-refractivity contribution is 6.20. The van der Waals surface area contributed by atoms with Gasteiger partial charge in [0.2, 0.25) is 11.8 Å². The number of nitrogens with zero attached hydrogens (tertiary/aromatic N) is 2. The number of para-hydroxylation sites is 1. The maximum Gasteiger partial charge on any atom is 0.339 e. The van der Waals surface area contributed by atoms with E-state index in [-0.39, 0.29) is 41.2 Å². The largest absolute Gasteiger partial charge is 0.462 e. The van der Waals surface area contributed by atoms with Crippen LogP contribution in [0.1, 0.15) is 58.1 Å². The average molecular weight is 407 g/mol. The van der Waals surface area contributed by atoms with E-state index in [1.807, 2.05) is 26.0 Å². The second kappa shape index (κ2) is 6.36. The van der Waals surface area contributed by atoms with E-state index in [9.17, 15) is 14.9 Å². The first-order valence-electron chi connectivity index (χ1n) is 10.1. The van der Waals surface area contributed by atoms with Crippen LogP contribution in [0, 0.1) is 11.3 Å². The van der Waals surface area contributed by atoms with Crippen LogP contribution in [-0.4, -0.2) is 24.0 Å². The van der Waals surface area contributed by atoms with E-state index in [1.165, 1.54) is 0 Å². The zero-order valence-corrected chi connectivity index (χ0v) is 17.8. The maximum absolute atomic E-state index is 14.2. The number of allylic oxidation sites excluding steroid dienone is 1. The van der Waals surface area contributed by atoms with Crippen molar-refractivity contribution in [2.75, 3.05) is 11.5 Å². The monoisotopic (exact) mass is 407 g/mol. The molecule has 7 heteroatoms. The number of carbonyl (C=O) groups is 2. The number of anilines is 1. The molecule has 0 aliphatic carbocycles. The van der Waals surface area contributed by atoms with E-state index in [4.69, 9.17) is 15.2 Å². The molecule has 2 atom stereocenters. The Morgan fingerprint density at radius 3 is 2.77 bits per heavy atom. The Morgan fingerprint density at radius 1 is 1.43 bits per heavy atom. The van der Waals surface area contributed by atoms with Gasteiger partial charge >= 0.3 is 5.97 Å². The van der Waals surface area contributed by atoms with Gasteiger partial charge in [0.1, 0.15) is 23.0 Å². The van der Waals surface area contributed by atoms with Crippen molar-refractivity contribution in [3.05, 3.63) is 52.1 Å². The molecule has 3 aliphatic rings. The molecule has 0 saturated heterocycles. The van der Waals surface area contributed by atoms with Crippen molar-refractivity contribution in [2.45, 2.75) is 57.9 Å². The van der Waals surface area contributed by atoms with E-state index in [2.05, 4.69) is 13.0 Å². The summed E-state index contributed by atoms with van der Waals surface area (Å²) in [5.41, 5.74) is 6.20. The number of amides is 1. The summed E-state index contributed by atoms with van der Waals surface area (Å²) in [5, 5.41) is 10.1. The summed E-state index contributed by atoms with van der Waals surface area (Å²) in [4.78, 5) is 29.1. The normalized spacial score (nSPS) is 26.5. The van der Waals surface area contributed by atoms with Crippen LogP contribution in [0.25, 0.3) is 0 Å². The van der Waals surface area contributed by atoms with Crippen LogP contribution in [0.15, 0.2) is 41.0 Å². The number of ether oxygens (including phenoxy) is 2. The van der Waals surface area contributed by atoms with Crippen molar-refractivity contribution < 1.29 is 19.1 Å². The third-order valence-electron chi connectivity index (χ3n) is 6.36. The number of hydrogen-bond acceptors (Lipinski definition) is 6. The summed E-state index contributed by atoms with van der Waals surface area (Å²) < 4.78 is 10.8. The molecule has 30 heavy (non-hydrogen) atoms. The molecule has 1 amide bonds. The Kier molecular flexibility index (Phi) is 4.25. The Labute approximate surface area is 175 Å². The first-order chi connectivity index (χ1) is 14.1. The lowest BCUT2D eigenvalue weighted by Crippen LogP contribution is -2.55. The number of nitrogens with two attached hydrogens (primary N) is 1. The summed E-state index contributed by atoms with van der Waals surface area (Å²) in [7, 11) is 0. The van der Waals surface area contributed by atoms with E-state index in [0.717, 1.165) is 17.7 Å². The van der Waals surface area contributed by atoms with Crippen molar-refractivity contribution in [1.29, 1.82) is 5.26 Å². The molecule has 0 aromatic heterocycles. The SMILES string of the molecule is CCOC(=O)C1=C(C)OC(N)=C(C#N)C12C(=O)N1c3c(cccc32)C(C)CC1(C)C. The number of esters is 1. The molecule has 1 aromatic rings. The molecule has 156 valence electrons. The first-order valence-corrected chi connectivity index (χ1v) is 10.1. The maximum atomic E-state index is 14.2. The molecule has 3 heterocycles. The van der Waals surface area contributed by atoms with Gasteiger partial charge < -0.3 is 20.1 Å². The predicted octanol–water partition coefficient (Wildman–Crippen LogP) is 3.12. The average Bonchev–Trinajstić information content (AvgIpc) is 2.91. The van der Waals surface area contributed by atoms with Gasteiger partial charge in [0.25, 0.3) is 0 Å². The molecule has 2 N–H and O–H groups in total. The topological polar surface area (TPSA) is 106 Å². The summed E-state index contributed by atoms with van der Waals surface area (Å²) in [6.07, 6.45) is 0.750. The minimum atomic E-state index is -1.68.